The predicted octanol–water partition coefficient (Wildman–Crippen LogP) is -0.114. The first-order valence-corrected chi connectivity index (χ1v) is 5.18. The van der Waals surface area contributed by atoms with E-state index >= 15 is 0 Å². The van der Waals surface area contributed by atoms with Gasteiger partial charge in [-0.05, 0) is 6.92 Å². The minimum Gasteiger partial charge on any atom is -0.438 e. The molecule has 7 heteroatoms. The quantitative estimate of drug-likeness (QED) is 0.443. The maximum absolute atomic E-state index is 10.9. The maximum atomic E-state index is 10.9. The Bertz CT molecular complexity index is 294. The van der Waals surface area contributed by atoms with Gasteiger partial charge in [0.15, 0.2) is 0 Å². The van der Waals surface area contributed by atoms with Crippen molar-refractivity contribution in [3.8, 4) is 0 Å². The van der Waals surface area contributed by atoms with Gasteiger partial charge in [0, 0.05) is 0 Å². The molecule has 13 heavy (non-hydrogen) atoms. The Morgan fingerprint density at radius 2 is 2.15 bits per heavy atom. The van der Waals surface area contributed by atoms with Crippen LogP contribution in [-0.4, -0.2) is 39.6 Å². The van der Waals surface area contributed by atoms with Gasteiger partial charge in [-0.3, -0.25) is 4.18 Å². The Hall–Kier alpha value is -0.820. The lowest BCUT2D eigenvalue weighted by Crippen LogP contribution is -2.27. The number of hydrogen-bond donors (Lipinski definition) is 0. The second kappa shape index (κ2) is 3.51. The summed E-state index contributed by atoms with van der Waals surface area (Å²) in [6, 6.07) is 0. The molecule has 0 aromatic rings. The first-order valence-electron chi connectivity index (χ1n) is 3.60. The van der Waals surface area contributed by atoms with Crippen LogP contribution in [0.5, 0.6) is 0 Å². The highest BCUT2D eigenvalue weighted by Crippen LogP contribution is 2.19. The lowest BCUT2D eigenvalue weighted by molar-refractivity contribution is 0.0156. The van der Waals surface area contributed by atoms with Crippen LogP contribution in [0.3, 0.4) is 0 Å². The molecule has 0 aromatic carbocycles. The average molecular weight is 210 g/mol. The summed E-state index contributed by atoms with van der Waals surface area (Å²) in [6.07, 6.45) is -2.33. The van der Waals surface area contributed by atoms with E-state index in [9.17, 15) is 13.2 Å². The molecule has 1 aliphatic heterocycles. The van der Waals surface area contributed by atoms with Crippen LogP contribution in [0.2, 0.25) is 0 Å². The van der Waals surface area contributed by atoms with E-state index in [0.29, 0.717) is 0 Å². The molecule has 0 bridgehead atoms. The summed E-state index contributed by atoms with van der Waals surface area (Å²) >= 11 is 0. The van der Waals surface area contributed by atoms with Crippen molar-refractivity contribution in [3.05, 3.63) is 0 Å². The van der Waals surface area contributed by atoms with Crippen molar-refractivity contribution in [3.63, 3.8) is 0 Å². The van der Waals surface area contributed by atoms with Gasteiger partial charge in [0.25, 0.3) is 10.1 Å². The first-order chi connectivity index (χ1) is 5.94. The number of hydrogen-bond acceptors (Lipinski definition) is 6. The fourth-order valence-electron chi connectivity index (χ4n) is 0.971. The Kier molecular flexibility index (Phi) is 2.77. The van der Waals surface area contributed by atoms with Gasteiger partial charge >= 0.3 is 6.16 Å². The van der Waals surface area contributed by atoms with Crippen LogP contribution in [0, 0.1) is 0 Å². The molecule has 0 aliphatic carbocycles. The molecule has 1 heterocycles. The van der Waals surface area contributed by atoms with Crippen LogP contribution in [0.1, 0.15) is 6.92 Å². The standard InChI is InChI=1S/C6H10O6S/c1-4-5(11-6(7)10-2)3-13(8,9)12-4/h4-5H,3H2,1-2H3. The van der Waals surface area contributed by atoms with Crippen molar-refractivity contribution in [2.75, 3.05) is 12.9 Å². The highest BCUT2D eigenvalue weighted by Gasteiger charge is 2.38. The lowest BCUT2D eigenvalue weighted by Gasteiger charge is -2.11. The number of carbonyl (C=O) groups is 1. The summed E-state index contributed by atoms with van der Waals surface area (Å²) in [5.41, 5.74) is 0. The fourth-order valence-corrected chi connectivity index (χ4v) is 2.38. The van der Waals surface area contributed by atoms with Gasteiger partial charge < -0.3 is 9.47 Å². The van der Waals surface area contributed by atoms with Crippen LogP contribution in [0.15, 0.2) is 0 Å². The molecule has 0 radical (unpaired) electrons. The van der Waals surface area contributed by atoms with Gasteiger partial charge in [0.2, 0.25) is 0 Å². The van der Waals surface area contributed by atoms with E-state index in [4.69, 9.17) is 0 Å². The summed E-state index contributed by atoms with van der Waals surface area (Å²) in [6.45, 7) is 1.51. The Labute approximate surface area is 75.9 Å². The topological polar surface area (TPSA) is 78.9 Å². The Morgan fingerprint density at radius 1 is 1.54 bits per heavy atom. The zero-order valence-corrected chi connectivity index (χ0v) is 8.04. The molecule has 0 N–H and O–H groups in total. The zero-order chi connectivity index (χ0) is 10.1. The minimum atomic E-state index is -3.53. The van der Waals surface area contributed by atoms with E-state index < -0.39 is 28.5 Å². The van der Waals surface area contributed by atoms with Crippen molar-refractivity contribution >= 4 is 16.3 Å². The maximum Gasteiger partial charge on any atom is 0.508 e. The molecule has 76 valence electrons. The summed E-state index contributed by atoms with van der Waals surface area (Å²) in [5.74, 6) is -0.316. The number of ether oxygens (including phenoxy) is 2. The van der Waals surface area contributed by atoms with Crippen molar-refractivity contribution in [1.29, 1.82) is 0 Å². The summed E-state index contributed by atoms with van der Waals surface area (Å²) in [5, 5.41) is 0. The number of methoxy groups -OCH3 is 1. The van der Waals surface area contributed by atoms with Gasteiger partial charge in [-0.25, -0.2) is 4.79 Å². The smallest absolute Gasteiger partial charge is 0.438 e. The number of carbonyl (C=O) groups excluding carboxylic acids is 1. The molecular weight excluding hydrogens is 200 g/mol. The molecule has 2 atom stereocenters. The summed E-state index contributed by atoms with van der Waals surface area (Å²) < 4.78 is 35.1. The lowest BCUT2D eigenvalue weighted by atomic mass is 10.3. The average Bonchev–Trinajstić information content (AvgIpc) is 2.24. The highest BCUT2D eigenvalue weighted by molar-refractivity contribution is 7.87. The van der Waals surface area contributed by atoms with E-state index in [1.54, 1.807) is 0 Å². The Balaban J connectivity index is 2.59. The second-order valence-electron chi connectivity index (χ2n) is 2.64. The highest BCUT2D eigenvalue weighted by atomic mass is 32.2. The van der Waals surface area contributed by atoms with Gasteiger partial charge in [0.1, 0.15) is 18.0 Å². The van der Waals surface area contributed by atoms with Crippen molar-refractivity contribution in [2.45, 2.75) is 19.1 Å². The van der Waals surface area contributed by atoms with Crippen molar-refractivity contribution in [1.82, 2.24) is 0 Å². The van der Waals surface area contributed by atoms with E-state index in [1.165, 1.54) is 6.92 Å². The normalized spacial score (nSPS) is 31.2. The van der Waals surface area contributed by atoms with Gasteiger partial charge in [-0.1, -0.05) is 0 Å². The largest absolute Gasteiger partial charge is 0.508 e. The second-order valence-corrected chi connectivity index (χ2v) is 4.28. The van der Waals surface area contributed by atoms with Crippen LogP contribution < -0.4 is 0 Å². The molecule has 2 unspecified atom stereocenters. The first kappa shape index (κ1) is 10.3. The molecule has 6 nitrogen and oxygen atoms in total. The van der Waals surface area contributed by atoms with Crippen LogP contribution in [-0.2, 0) is 23.8 Å². The van der Waals surface area contributed by atoms with Gasteiger partial charge in [-0.15, -0.1) is 0 Å². The SMILES string of the molecule is COC(=O)OC1CS(=O)(=O)OC1C. The molecule has 0 saturated carbocycles. The van der Waals surface area contributed by atoms with Crippen molar-refractivity contribution < 1.29 is 26.9 Å². The fraction of sp³-hybridized carbons (Fsp3) is 0.833. The third-order valence-corrected chi connectivity index (χ3v) is 2.94. The van der Waals surface area contributed by atoms with E-state index in [1.807, 2.05) is 0 Å². The molecule has 1 rings (SSSR count). The van der Waals surface area contributed by atoms with E-state index in [2.05, 4.69) is 13.7 Å². The third kappa shape index (κ3) is 2.56. The van der Waals surface area contributed by atoms with E-state index in [0.717, 1.165) is 7.11 Å². The van der Waals surface area contributed by atoms with Crippen LogP contribution >= 0.6 is 0 Å². The molecule has 1 saturated heterocycles. The number of rotatable bonds is 1. The Morgan fingerprint density at radius 3 is 2.54 bits per heavy atom. The summed E-state index contributed by atoms with van der Waals surface area (Å²) in [7, 11) is -2.38. The summed E-state index contributed by atoms with van der Waals surface area (Å²) in [4.78, 5) is 10.6. The molecule has 0 amide bonds. The minimum absolute atomic E-state index is 0.316. The third-order valence-electron chi connectivity index (χ3n) is 1.60. The van der Waals surface area contributed by atoms with Gasteiger partial charge in [-0.2, -0.15) is 8.42 Å². The van der Waals surface area contributed by atoms with Crippen LogP contribution in [0.4, 0.5) is 4.79 Å². The monoisotopic (exact) mass is 210 g/mol. The van der Waals surface area contributed by atoms with Crippen molar-refractivity contribution in [2.24, 2.45) is 0 Å². The predicted molar refractivity (Wildman–Crippen MR) is 41.6 cm³/mol. The zero-order valence-electron chi connectivity index (χ0n) is 7.22. The molecule has 0 aromatic heterocycles. The molecular formula is C6H10O6S. The van der Waals surface area contributed by atoms with Gasteiger partial charge in [0.05, 0.1) is 7.11 Å². The molecule has 0 spiro atoms. The molecule has 1 fully saturated rings. The van der Waals surface area contributed by atoms with E-state index in [-0.39, 0.29) is 5.75 Å². The van der Waals surface area contributed by atoms with Crippen LogP contribution in [0.25, 0.3) is 0 Å². The molecule has 1 aliphatic rings.